The Morgan fingerprint density at radius 2 is 2.00 bits per heavy atom. The molecule has 3 nitrogen and oxygen atoms in total. The van der Waals surface area contributed by atoms with Crippen LogP contribution in [0.4, 0.5) is 5.69 Å². The van der Waals surface area contributed by atoms with E-state index in [2.05, 4.69) is 17.8 Å². The Hall–Kier alpha value is -1.81. The number of nitrogens with one attached hydrogen (secondary N) is 2. The largest absolute Gasteiger partial charge is 0.298 e. The lowest BCUT2D eigenvalue weighted by molar-refractivity contribution is 0.0966. The monoisotopic (exact) mass is 260 g/mol. The highest BCUT2D eigenvalue weighted by molar-refractivity contribution is 7.14. The number of carbonyl (C=O) groups excluding carboxylic acids is 1. The van der Waals surface area contributed by atoms with Crippen LogP contribution in [0.15, 0.2) is 36.4 Å². The fourth-order valence-corrected chi connectivity index (χ4v) is 2.70. The molecule has 0 unspecified atom stereocenters. The molecule has 2 aromatic rings. The van der Waals surface area contributed by atoms with Crippen molar-refractivity contribution in [3.63, 3.8) is 0 Å². The summed E-state index contributed by atoms with van der Waals surface area (Å²) in [6.45, 7) is 4.14. The van der Waals surface area contributed by atoms with E-state index in [1.807, 2.05) is 43.3 Å². The molecule has 0 fully saturated rings. The van der Waals surface area contributed by atoms with Crippen molar-refractivity contribution in [3.8, 4) is 0 Å². The van der Waals surface area contributed by atoms with Crippen molar-refractivity contribution in [1.82, 2.24) is 5.43 Å². The molecule has 94 valence electrons. The van der Waals surface area contributed by atoms with Gasteiger partial charge in [0.05, 0.1) is 10.6 Å². The van der Waals surface area contributed by atoms with Gasteiger partial charge in [-0.15, -0.1) is 11.3 Å². The molecule has 0 atom stereocenters. The predicted octanol–water partition coefficient (Wildman–Crippen LogP) is 3.38. The SMILES string of the molecule is CCc1cc(C(=O)NNc2ccccc2)sc1C. The van der Waals surface area contributed by atoms with Crippen LogP contribution in [0, 0.1) is 6.92 Å². The molecule has 0 spiro atoms. The minimum Gasteiger partial charge on any atom is -0.298 e. The van der Waals surface area contributed by atoms with Gasteiger partial charge < -0.3 is 0 Å². The van der Waals surface area contributed by atoms with Gasteiger partial charge in [-0.2, -0.15) is 0 Å². The van der Waals surface area contributed by atoms with Crippen molar-refractivity contribution in [1.29, 1.82) is 0 Å². The van der Waals surface area contributed by atoms with E-state index in [0.29, 0.717) is 0 Å². The molecular formula is C14H16N2OS. The van der Waals surface area contributed by atoms with Gasteiger partial charge in [0.25, 0.3) is 5.91 Å². The molecule has 0 aliphatic heterocycles. The maximum Gasteiger partial charge on any atom is 0.279 e. The molecule has 0 aliphatic carbocycles. The number of hydrogen-bond acceptors (Lipinski definition) is 3. The van der Waals surface area contributed by atoms with Crippen molar-refractivity contribution in [2.45, 2.75) is 20.3 Å². The molecule has 1 amide bonds. The Labute approximate surface area is 111 Å². The highest BCUT2D eigenvalue weighted by Crippen LogP contribution is 2.21. The molecule has 0 radical (unpaired) electrons. The fraction of sp³-hybridized carbons (Fsp3) is 0.214. The number of aryl methyl sites for hydroxylation is 2. The van der Waals surface area contributed by atoms with E-state index in [9.17, 15) is 4.79 Å². The van der Waals surface area contributed by atoms with E-state index >= 15 is 0 Å². The maximum absolute atomic E-state index is 11.9. The summed E-state index contributed by atoms with van der Waals surface area (Å²) in [5.74, 6) is -0.0911. The van der Waals surface area contributed by atoms with E-state index in [1.54, 1.807) is 0 Å². The van der Waals surface area contributed by atoms with E-state index in [1.165, 1.54) is 21.8 Å². The summed E-state index contributed by atoms with van der Waals surface area (Å²) >= 11 is 1.53. The maximum atomic E-state index is 11.9. The summed E-state index contributed by atoms with van der Waals surface area (Å²) in [5.41, 5.74) is 7.71. The molecule has 1 aromatic carbocycles. The third kappa shape index (κ3) is 2.90. The summed E-state index contributed by atoms with van der Waals surface area (Å²) in [6, 6.07) is 11.5. The smallest absolute Gasteiger partial charge is 0.279 e. The lowest BCUT2D eigenvalue weighted by atomic mass is 10.2. The van der Waals surface area contributed by atoms with Crippen LogP contribution in [-0.2, 0) is 6.42 Å². The Morgan fingerprint density at radius 1 is 1.28 bits per heavy atom. The van der Waals surface area contributed by atoms with E-state index in [0.717, 1.165) is 17.0 Å². The summed E-state index contributed by atoms with van der Waals surface area (Å²) in [5, 5.41) is 0. The van der Waals surface area contributed by atoms with Gasteiger partial charge in [0.15, 0.2) is 0 Å². The molecule has 0 saturated heterocycles. The van der Waals surface area contributed by atoms with Gasteiger partial charge in [-0.1, -0.05) is 25.1 Å². The van der Waals surface area contributed by atoms with Crippen LogP contribution < -0.4 is 10.9 Å². The van der Waals surface area contributed by atoms with Gasteiger partial charge >= 0.3 is 0 Å². The molecule has 0 bridgehead atoms. The van der Waals surface area contributed by atoms with E-state index in [-0.39, 0.29) is 5.91 Å². The molecule has 18 heavy (non-hydrogen) atoms. The number of amides is 1. The lowest BCUT2D eigenvalue weighted by Gasteiger charge is -2.06. The van der Waals surface area contributed by atoms with Crippen LogP contribution in [0.5, 0.6) is 0 Å². The van der Waals surface area contributed by atoms with Crippen LogP contribution in [0.1, 0.15) is 27.0 Å². The number of benzene rings is 1. The van der Waals surface area contributed by atoms with Gasteiger partial charge in [0, 0.05) is 4.88 Å². The summed E-state index contributed by atoms with van der Waals surface area (Å²) in [4.78, 5) is 13.9. The van der Waals surface area contributed by atoms with Crippen molar-refractivity contribution in [3.05, 3.63) is 51.7 Å². The molecule has 2 rings (SSSR count). The molecule has 0 saturated carbocycles. The third-order valence-corrected chi connectivity index (χ3v) is 3.81. The molecule has 0 aliphatic rings. The average Bonchev–Trinajstić information content (AvgIpc) is 2.78. The minimum atomic E-state index is -0.0911. The number of carbonyl (C=O) groups is 1. The quantitative estimate of drug-likeness (QED) is 0.827. The van der Waals surface area contributed by atoms with E-state index < -0.39 is 0 Å². The normalized spacial score (nSPS) is 10.1. The highest BCUT2D eigenvalue weighted by Gasteiger charge is 2.10. The summed E-state index contributed by atoms with van der Waals surface area (Å²) in [6.07, 6.45) is 0.960. The van der Waals surface area contributed by atoms with Crippen LogP contribution >= 0.6 is 11.3 Å². The highest BCUT2D eigenvalue weighted by atomic mass is 32.1. The van der Waals surface area contributed by atoms with Gasteiger partial charge in [-0.05, 0) is 37.1 Å². The fourth-order valence-electron chi connectivity index (χ4n) is 1.69. The summed E-state index contributed by atoms with van der Waals surface area (Å²) < 4.78 is 0. The number of hydrogen-bond donors (Lipinski definition) is 2. The zero-order valence-electron chi connectivity index (χ0n) is 10.5. The second-order valence-corrected chi connectivity index (χ2v) is 5.25. The molecule has 4 heteroatoms. The minimum absolute atomic E-state index is 0.0911. The third-order valence-electron chi connectivity index (χ3n) is 2.72. The van der Waals surface area contributed by atoms with Gasteiger partial charge in [-0.25, -0.2) is 0 Å². The zero-order chi connectivity index (χ0) is 13.0. The first-order valence-electron chi connectivity index (χ1n) is 5.91. The first kappa shape index (κ1) is 12.6. The summed E-state index contributed by atoms with van der Waals surface area (Å²) in [7, 11) is 0. The predicted molar refractivity (Wildman–Crippen MR) is 76.0 cm³/mol. The first-order valence-corrected chi connectivity index (χ1v) is 6.73. The number of thiophene rings is 1. The molecular weight excluding hydrogens is 244 g/mol. The average molecular weight is 260 g/mol. The second-order valence-electron chi connectivity index (χ2n) is 3.99. The van der Waals surface area contributed by atoms with Crippen LogP contribution in [0.25, 0.3) is 0 Å². The van der Waals surface area contributed by atoms with Crippen molar-refractivity contribution in [2.75, 3.05) is 5.43 Å². The zero-order valence-corrected chi connectivity index (χ0v) is 11.3. The number of para-hydroxylation sites is 1. The van der Waals surface area contributed by atoms with Crippen molar-refractivity contribution < 1.29 is 4.79 Å². The number of rotatable bonds is 4. The standard InChI is InChI=1S/C14H16N2OS/c1-3-11-9-13(18-10(11)2)14(17)16-15-12-7-5-4-6-8-12/h4-9,15H,3H2,1-2H3,(H,16,17). The van der Waals surface area contributed by atoms with Gasteiger partial charge in [0.1, 0.15) is 0 Å². The second kappa shape index (κ2) is 5.69. The van der Waals surface area contributed by atoms with Crippen molar-refractivity contribution in [2.24, 2.45) is 0 Å². The number of hydrazine groups is 1. The Bertz CT molecular complexity index is 534. The topological polar surface area (TPSA) is 41.1 Å². The van der Waals surface area contributed by atoms with Crippen LogP contribution in [0.2, 0.25) is 0 Å². The molecule has 1 aromatic heterocycles. The van der Waals surface area contributed by atoms with Gasteiger partial charge in [-0.3, -0.25) is 15.6 Å². The Kier molecular flexibility index (Phi) is 3.99. The van der Waals surface area contributed by atoms with Crippen molar-refractivity contribution >= 4 is 22.9 Å². The van der Waals surface area contributed by atoms with Crippen LogP contribution in [0.3, 0.4) is 0 Å². The van der Waals surface area contributed by atoms with Gasteiger partial charge in [0.2, 0.25) is 0 Å². The van der Waals surface area contributed by atoms with Crippen LogP contribution in [-0.4, -0.2) is 5.91 Å². The Balaban J connectivity index is 1.99. The van der Waals surface area contributed by atoms with E-state index in [4.69, 9.17) is 0 Å². The lowest BCUT2D eigenvalue weighted by Crippen LogP contribution is -2.28. The Morgan fingerprint density at radius 3 is 2.61 bits per heavy atom. The molecule has 1 heterocycles. The molecule has 2 N–H and O–H groups in total. The number of anilines is 1. The first-order chi connectivity index (χ1) is 8.70.